The Bertz CT molecular complexity index is 881. The highest BCUT2D eigenvalue weighted by Crippen LogP contribution is 2.39. The van der Waals surface area contributed by atoms with Crippen LogP contribution in [0.4, 0.5) is 5.82 Å². The number of nitrogens with one attached hydrogen (secondary N) is 1. The number of hydrogen-bond donors (Lipinski definition) is 1. The lowest BCUT2D eigenvalue weighted by Gasteiger charge is -2.28. The third kappa shape index (κ3) is 3.90. The molecule has 0 spiro atoms. The molecule has 0 saturated carbocycles. The molecule has 0 aliphatic carbocycles. The van der Waals surface area contributed by atoms with Crippen LogP contribution in [0, 0.1) is 16.0 Å². The van der Waals surface area contributed by atoms with Crippen LogP contribution in [0.2, 0.25) is 0 Å². The van der Waals surface area contributed by atoms with Gasteiger partial charge >= 0.3 is 17.8 Å². The maximum Gasteiger partial charge on any atom is 0.342 e. The Labute approximate surface area is 162 Å². The topological polar surface area (TPSA) is 126 Å². The molecule has 1 aromatic rings. The number of carbonyl (C=O) groups is 2. The van der Waals surface area contributed by atoms with Crippen LogP contribution in [0.3, 0.4) is 0 Å². The van der Waals surface area contributed by atoms with Crippen molar-refractivity contribution in [1.29, 1.82) is 0 Å². The highest BCUT2D eigenvalue weighted by atomic mass is 16.6. The molecular weight excluding hydrogens is 368 g/mol. The second-order valence-corrected chi connectivity index (χ2v) is 6.91. The van der Waals surface area contributed by atoms with Gasteiger partial charge in [0.05, 0.1) is 31.9 Å². The summed E-state index contributed by atoms with van der Waals surface area (Å²) in [6.07, 6.45) is 1.09. The first kappa shape index (κ1) is 21.1. The van der Waals surface area contributed by atoms with Crippen molar-refractivity contribution < 1.29 is 24.0 Å². The average molecular weight is 392 g/mol. The molecule has 2 rings (SSSR count). The summed E-state index contributed by atoms with van der Waals surface area (Å²) in [7, 11) is 2.68. The van der Waals surface area contributed by atoms with E-state index < -0.39 is 22.8 Å². The first-order chi connectivity index (χ1) is 13.1. The van der Waals surface area contributed by atoms with Gasteiger partial charge in [-0.05, 0) is 24.7 Å². The van der Waals surface area contributed by atoms with Crippen molar-refractivity contribution in [3.8, 4) is 0 Å². The Hall–Kier alpha value is -3.17. The van der Waals surface area contributed by atoms with E-state index in [4.69, 9.17) is 9.47 Å². The standard InChI is InChI=1S/C18H24N4O6/c1-9(2)8-28-18(24)14-11(4)20-10(3)13(17(23)27-6)15(14)16-19-7-12(21(16)5)22(25)26/h7,9,15,20H,8H2,1-6H3. The van der Waals surface area contributed by atoms with Gasteiger partial charge < -0.3 is 24.9 Å². The number of carbonyl (C=O) groups excluding carboxylic acids is 2. The Morgan fingerprint density at radius 3 is 2.32 bits per heavy atom. The van der Waals surface area contributed by atoms with Gasteiger partial charge in [-0.3, -0.25) is 0 Å². The zero-order valence-electron chi connectivity index (χ0n) is 16.7. The predicted molar refractivity (Wildman–Crippen MR) is 99.0 cm³/mol. The van der Waals surface area contributed by atoms with Gasteiger partial charge in [-0.1, -0.05) is 13.8 Å². The minimum Gasteiger partial charge on any atom is -0.466 e. The highest BCUT2D eigenvalue weighted by Gasteiger charge is 2.42. The van der Waals surface area contributed by atoms with E-state index in [1.54, 1.807) is 13.8 Å². The Balaban J connectivity index is 2.65. The van der Waals surface area contributed by atoms with E-state index in [1.807, 2.05) is 13.8 Å². The fourth-order valence-corrected chi connectivity index (χ4v) is 3.08. The smallest absolute Gasteiger partial charge is 0.342 e. The van der Waals surface area contributed by atoms with Crippen molar-refractivity contribution in [1.82, 2.24) is 14.9 Å². The van der Waals surface area contributed by atoms with E-state index >= 15 is 0 Å². The van der Waals surface area contributed by atoms with E-state index in [2.05, 4.69) is 10.3 Å². The quantitative estimate of drug-likeness (QED) is 0.442. The Morgan fingerprint density at radius 1 is 1.29 bits per heavy atom. The fourth-order valence-electron chi connectivity index (χ4n) is 3.08. The molecule has 0 bridgehead atoms. The fraction of sp³-hybridized carbons (Fsp3) is 0.500. The number of dihydropyridines is 1. The molecule has 0 saturated heterocycles. The van der Waals surface area contributed by atoms with Crippen molar-refractivity contribution in [2.45, 2.75) is 33.6 Å². The summed E-state index contributed by atoms with van der Waals surface area (Å²) in [6.45, 7) is 7.33. The largest absolute Gasteiger partial charge is 0.466 e. The van der Waals surface area contributed by atoms with Crippen LogP contribution in [0.15, 0.2) is 28.7 Å². The number of imidazole rings is 1. The van der Waals surface area contributed by atoms with Gasteiger partial charge in [-0.2, -0.15) is 0 Å². The molecule has 0 aromatic carbocycles. The number of ether oxygens (including phenoxy) is 2. The summed E-state index contributed by atoms with van der Waals surface area (Å²) < 4.78 is 11.5. The number of esters is 2. The molecule has 152 valence electrons. The van der Waals surface area contributed by atoms with Crippen LogP contribution in [0.1, 0.15) is 39.4 Å². The number of aromatic nitrogens is 2. The van der Waals surface area contributed by atoms with Gasteiger partial charge in [0.25, 0.3) is 0 Å². The van der Waals surface area contributed by atoms with E-state index in [0.717, 1.165) is 6.20 Å². The molecule has 1 N–H and O–H groups in total. The van der Waals surface area contributed by atoms with Crippen LogP contribution in [0.5, 0.6) is 0 Å². The van der Waals surface area contributed by atoms with E-state index in [9.17, 15) is 19.7 Å². The molecule has 1 unspecified atom stereocenters. The molecule has 0 fully saturated rings. The van der Waals surface area contributed by atoms with Gasteiger partial charge in [0.2, 0.25) is 5.82 Å². The van der Waals surface area contributed by atoms with E-state index in [0.29, 0.717) is 11.4 Å². The summed E-state index contributed by atoms with van der Waals surface area (Å²) >= 11 is 0. The number of allylic oxidation sites excluding steroid dienone is 2. The van der Waals surface area contributed by atoms with Crippen LogP contribution in [-0.2, 0) is 26.1 Å². The summed E-state index contributed by atoms with van der Waals surface area (Å²) in [5.74, 6) is -2.23. The van der Waals surface area contributed by atoms with Crippen molar-refractivity contribution in [3.63, 3.8) is 0 Å². The lowest BCUT2D eigenvalue weighted by molar-refractivity contribution is -0.391. The first-order valence-corrected chi connectivity index (χ1v) is 8.70. The van der Waals surface area contributed by atoms with Gasteiger partial charge in [-0.25, -0.2) is 19.1 Å². The highest BCUT2D eigenvalue weighted by molar-refractivity contribution is 5.99. The van der Waals surface area contributed by atoms with Crippen molar-refractivity contribution in [2.75, 3.05) is 13.7 Å². The lowest BCUT2D eigenvalue weighted by atomic mass is 9.84. The van der Waals surface area contributed by atoms with Crippen molar-refractivity contribution >= 4 is 17.8 Å². The van der Waals surface area contributed by atoms with Crippen LogP contribution in [-0.4, -0.2) is 40.1 Å². The number of nitrogens with zero attached hydrogens (tertiary/aromatic N) is 3. The maximum absolute atomic E-state index is 12.8. The number of methoxy groups -OCH3 is 1. The minimum atomic E-state index is -0.966. The maximum atomic E-state index is 12.8. The van der Waals surface area contributed by atoms with Crippen LogP contribution in [0.25, 0.3) is 0 Å². The Morgan fingerprint density at radius 2 is 1.86 bits per heavy atom. The molecule has 1 aromatic heterocycles. The summed E-state index contributed by atoms with van der Waals surface area (Å²) in [5, 5.41) is 14.2. The third-order valence-electron chi connectivity index (χ3n) is 4.38. The predicted octanol–water partition coefficient (Wildman–Crippen LogP) is 1.94. The molecule has 1 aliphatic heterocycles. The van der Waals surface area contributed by atoms with Gasteiger partial charge in [0, 0.05) is 11.4 Å². The number of rotatable bonds is 6. The lowest BCUT2D eigenvalue weighted by Crippen LogP contribution is -2.33. The zero-order valence-corrected chi connectivity index (χ0v) is 16.7. The monoisotopic (exact) mass is 392 g/mol. The molecule has 10 heteroatoms. The van der Waals surface area contributed by atoms with Crippen LogP contribution < -0.4 is 5.32 Å². The van der Waals surface area contributed by atoms with E-state index in [1.165, 1.54) is 18.7 Å². The zero-order chi connectivity index (χ0) is 21.2. The molecular formula is C18H24N4O6. The van der Waals surface area contributed by atoms with Gasteiger partial charge in [0.15, 0.2) is 0 Å². The van der Waals surface area contributed by atoms with Gasteiger partial charge in [-0.15, -0.1) is 0 Å². The molecule has 0 radical (unpaired) electrons. The summed E-state index contributed by atoms with van der Waals surface area (Å²) in [4.78, 5) is 40.1. The Kier molecular flexibility index (Phi) is 6.22. The van der Waals surface area contributed by atoms with Crippen molar-refractivity contribution in [3.05, 3.63) is 44.7 Å². The third-order valence-corrected chi connectivity index (χ3v) is 4.38. The average Bonchev–Trinajstić information content (AvgIpc) is 2.99. The van der Waals surface area contributed by atoms with Crippen LogP contribution >= 0.6 is 0 Å². The summed E-state index contributed by atoms with van der Waals surface area (Å²) in [6, 6.07) is 0. The second-order valence-electron chi connectivity index (χ2n) is 6.91. The first-order valence-electron chi connectivity index (χ1n) is 8.70. The molecule has 1 aliphatic rings. The molecule has 2 heterocycles. The SMILES string of the molecule is COC(=O)C1=C(C)NC(C)=C(C(=O)OCC(C)C)C1c1ncc([N+](=O)[O-])n1C. The molecule has 0 amide bonds. The van der Waals surface area contributed by atoms with Gasteiger partial charge in [0.1, 0.15) is 12.1 Å². The number of hydrogen-bond acceptors (Lipinski definition) is 8. The summed E-state index contributed by atoms with van der Waals surface area (Å²) in [5.41, 5.74) is 1.26. The normalized spacial score (nSPS) is 16.9. The van der Waals surface area contributed by atoms with Crippen molar-refractivity contribution in [2.24, 2.45) is 13.0 Å². The second kappa shape index (κ2) is 8.24. The molecule has 28 heavy (non-hydrogen) atoms. The minimum absolute atomic E-state index is 0.117. The molecule has 10 nitrogen and oxygen atoms in total. The number of nitro groups is 1. The molecule has 1 atom stereocenters. The van der Waals surface area contributed by atoms with E-state index in [-0.39, 0.29) is 35.3 Å².